The van der Waals surface area contributed by atoms with Crippen LogP contribution in [0.15, 0.2) is 224 Å². The molecule has 12 aromatic rings. The largest absolute Gasteiger partial charge is 0.309 e. The van der Waals surface area contributed by atoms with E-state index in [1.54, 1.807) is 0 Å². The van der Waals surface area contributed by atoms with E-state index in [4.69, 9.17) is 0 Å². The van der Waals surface area contributed by atoms with E-state index >= 15 is 8.78 Å². The first-order valence-corrected chi connectivity index (χ1v) is 21.9. The first kappa shape index (κ1) is 38.8. The highest BCUT2D eigenvalue weighted by Gasteiger charge is 2.24. The summed E-state index contributed by atoms with van der Waals surface area (Å²) in [7, 11) is 0. The zero-order valence-electron chi connectivity index (χ0n) is 35.5. The third-order valence-electron chi connectivity index (χ3n) is 12.8. The van der Waals surface area contributed by atoms with Gasteiger partial charge in [-0.1, -0.05) is 146 Å². The van der Waals surface area contributed by atoms with E-state index in [0.717, 1.165) is 94.2 Å². The van der Waals surface area contributed by atoms with Gasteiger partial charge in [-0.3, -0.25) is 0 Å². The number of nitrogens with zero attached hydrogens (tertiary/aromatic N) is 3. The van der Waals surface area contributed by atoms with Crippen molar-refractivity contribution < 1.29 is 8.78 Å². The van der Waals surface area contributed by atoms with Crippen molar-refractivity contribution in [2.75, 3.05) is 0 Å². The van der Waals surface area contributed by atoms with Crippen molar-refractivity contribution in [2.24, 2.45) is 0 Å². The topological polar surface area (TPSA) is 33.6 Å². The zero-order chi connectivity index (χ0) is 44.3. The Balaban J connectivity index is 1.16. The molecule has 0 atom stereocenters. The minimum absolute atomic E-state index is 0.351. The fraction of sp³-hybridized carbons (Fsp3) is 0. The summed E-state index contributed by atoms with van der Waals surface area (Å²) >= 11 is 0. The Labute approximate surface area is 379 Å². The molecule has 10 aromatic carbocycles. The van der Waals surface area contributed by atoms with Gasteiger partial charge in [-0.15, -0.1) is 0 Å². The second-order valence-corrected chi connectivity index (χ2v) is 16.7. The molecule has 0 saturated heterocycles. The molecule has 0 spiro atoms. The van der Waals surface area contributed by atoms with E-state index in [1.165, 1.54) is 12.1 Å². The summed E-state index contributed by atoms with van der Waals surface area (Å²) in [5.41, 5.74) is 14.7. The number of benzene rings is 10. The van der Waals surface area contributed by atoms with Gasteiger partial charge in [0.2, 0.25) is 0 Å². The Morgan fingerprint density at radius 2 is 0.636 bits per heavy atom. The fourth-order valence-corrected chi connectivity index (χ4v) is 9.78. The van der Waals surface area contributed by atoms with Crippen molar-refractivity contribution in [3.8, 4) is 73.1 Å². The number of nitriles is 1. The molecule has 0 radical (unpaired) electrons. The third-order valence-corrected chi connectivity index (χ3v) is 12.8. The first-order valence-electron chi connectivity index (χ1n) is 21.9. The summed E-state index contributed by atoms with van der Waals surface area (Å²) < 4.78 is 35.2. The molecule has 66 heavy (non-hydrogen) atoms. The van der Waals surface area contributed by atoms with Crippen LogP contribution in [0.25, 0.3) is 111 Å². The van der Waals surface area contributed by atoms with Crippen molar-refractivity contribution in [3.63, 3.8) is 0 Å². The van der Waals surface area contributed by atoms with Crippen LogP contribution in [0.3, 0.4) is 0 Å². The maximum absolute atomic E-state index is 15.5. The highest BCUT2D eigenvalue weighted by Crippen LogP contribution is 2.44. The summed E-state index contributed by atoms with van der Waals surface area (Å²) in [5.74, 6) is -1.38. The Bertz CT molecular complexity index is 3670. The minimum Gasteiger partial charge on any atom is -0.309 e. The number of hydrogen-bond acceptors (Lipinski definition) is 1. The zero-order valence-corrected chi connectivity index (χ0v) is 35.5. The van der Waals surface area contributed by atoms with Gasteiger partial charge < -0.3 is 9.13 Å². The van der Waals surface area contributed by atoms with Crippen molar-refractivity contribution in [1.82, 2.24) is 9.13 Å². The molecule has 0 aliphatic heterocycles. The number of rotatable bonds is 7. The smallest absolute Gasteiger partial charge is 0.126 e. The average Bonchev–Trinajstić information content (AvgIpc) is 3.87. The lowest BCUT2D eigenvalue weighted by molar-refractivity contribution is 0.584. The molecule has 2 heterocycles. The summed E-state index contributed by atoms with van der Waals surface area (Å²) in [6, 6.07) is 76.9. The van der Waals surface area contributed by atoms with Crippen molar-refractivity contribution >= 4 is 43.6 Å². The van der Waals surface area contributed by atoms with Crippen molar-refractivity contribution in [3.05, 3.63) is 242 Å². The number of fused-ring (bicyclic) bond motifs is 6. The van der Waals surface area contributed by atoms with Crippen LogP contribution < -0.4 is 0 Å². The van der Waals surface area contributed by atoms with Gasteiger partial charge in [0.25, 0.3) is 0 Å². The number of aromatic nitrogens is 2. The molecule has 0 unspecified atom stereocenters. The molecule has 3 nitrogen and oxygen atoms in total. The van der Waals surface area contributed by atoms with Crippen LogP contribution in [-0.4, -0.2) is 9.13 Å². The molecular formula is C61H37F2N3. The molecule has 0 aliphatic rings. The molecule has 0 saturated carbocycles. The number of hydrogen-bond donors (Lipinski definition) is 0. The summed E-state index contributed by atoms with van der Waals surface area (Å²) in [6.07, 6.45) is 0. The third kappa shape index (κ3) is 6.55. The van der Waals surface area contributed by atoms with E-state index in [2.05, 4.69) is 137 Å². The van der Waals surface area contributed by atoms with E-state index in [9.17, 15) is 5.26 Å². The van der Waals surface area contributed by atoms with Crippen LogP contribution in [-0.2, 0) is 0 Å². The van der Waals surface area contributed by atoms with E-state index < -0.39 is 11.6 Å². The quantitative estimate of drug-likeness (QED) is 0.157. The lowest BCUT2D eigenvalue weighted by atomic mass is 9.98. The van der Waals surface area contributed by atoms with Crippen LogP contribution in [0.1, 0.15) is 5.56 Å². The number of halogens is 2. The molecule has 0 fully saturated rings. The monoisotopic (exact) mass is 849 g/mol. The second kappa shape index (κ2) is 15.7. The van der Waals surface area contributed by atoms with Crippen molar-refractivity contribution in [1.29, 1.82) is 5.26 Å². The Hall–Kier alpha value is -8.85. The molecule has 12 rings (SSSR count). The van der Waals surface area contributed by atoms with E-state index in [-0.39, 0.29) is 0 Å². The lowest BCUT2D eigenvalue weighted by Crippen LogP contribution is -2.04. The Morgan fingerprint density at radius 3 is 0.970 bits per heavy atom. The van der Waals surface area contributed by atoms with Gasteiger partial charge in [0.05, 0.1) is 39.0 Å². The SMILES string of the molecule is N#Cc1cc(-n2c3ccc(-c4ccccc4)cc3c3cc(-c4ccccc4)ccc32)c(-c2cc(F)cc(F)c2)cc1-n1c2ccc(-c3ccccc3)cc2c2cc(-c3ccccc3)ccc21. The van der Waals surface area contributed by atoms with Gasteiger partial charge in [0, 0.05) is 33.2 Å². The summed E-state index contributed by atoms with van der Waals surface area (Å²) in [6.45, 7) is 0. The predicted octanol–water partition coefficient (Wildman–Crippen LogP) is 16.4. The molecule has 0 aliphatic carbocycles. The minimum atomic E-state index is -0.692. The molecule has 0 N–H and O–H groups in total. The lowest BCUT2D eigenvalue weighted by Gasteiger charge is -2.19. The predicted molar refractivity (Wildman–Crippen MR) is 267 cm³/mol. The molecule has 2 aromatic heterocycles. The van der Waals surface area contributed by atoms with Gasteiger partial charge in [-0.2, -0.15) is 5.26 Å². The Morgan fingerprint density at radius 1 is 0.303 bits per heavy atom. The van der Waals surface area contributed by atoms with Crippen LogP contribution in [0.5, 0.6) is 0 Å². The van der Waals surface area contributed by atoms with Crippen LogP contribution in [0, 0.1) is 23.0 Å². The van der Waals surface area contributed by atoms with Gasteiger partial charge in [-0.25, -0.2) is 8.78 Å². The Kier molecular flexibility index (Phi) is 9.25. The van der Waals surface area contributed by atoms with Gasteiger partial charge in [-0.05, 0) is 123 Å². The maximum atomic E-state index is 15.5. The molecule has 0 amide bonds. The molecule has 5 heteroatoms. The van der Waals surface area contributed by atoms with Crippen molar-refractivity contribution in [2.45, 2.75) is 0 Å². The first-order chi connectivity index (χ1) is 32.5. The average molecular weight is 850 g/mol. The van der Waals surface area contributed by atoms with Crippen LogP contribution in [0.2, 0.25) is 0 Å². The highest BCUT2D eigenvalue weighted by molar-refractivity contribution is 6.14. The van der Waals surface area contributed by atoms with Gasteiger partial charge in [0.15, 0.2) is 0 Å². The molecular weight excluding hydrogens is 813 g/mol. The van der Waals surface area contributed by atoms with Gasteiger partial charge in [0.1, 0.15) is 17.7 Å². The fourth-order valence-electron chi connectivity index (χ4n) is 9.78. The summed E-state index contributed by atoms with van der Waals surface area (Å²) in [5, 5.41) is 15.3. The highest BCUT2D eigenvalue weighted by atomic mass is 19.1. The van der Waals surface area contributed by atoms with Crippen LogP contribution >= 0.6 is 0 Å². The standard InChI is InChI=1S/C61H37F2N3/c62-49-29-47(30-50(63)36-49)51-37-60(65-56-25-21-43(39-13-5-1-6-14-39)31-52(56)53-32-44(22-26-57(53)65)40-15-7-2-8-16-40)48(38-64)35-61(51)66-58-27-23-45(41-17-9-3-10-18-41)33-54(58)55-34-46(24-28-59(55)66)42-19-11-4-12-20-42/h1-37H. The summed E-state index contributed by atoms with van der Waals surface area (Å²) in [4.78, 5) is 0. The molecule has 310 valence electrons. The normalized spacial score (nSPS) is 11.5. The van der Waals surface area contributed by atoms with Gasteiger partial charge >= 0.3 is 0 Å². The van der Waals surface area contributed by atoms with E-state index in [0.29, 0.717) is 28.1 Å². The molecule has 0 bridgehead atoms. The van der Waals surface area contributed by atoms with Crippen LogP contribution in [0.4, 0.5) is 8.78 Å². The second-order valence-electron chi connectivity index (χ2n) is 16.7. The maximum Gasteiger partial charge on any atom is 0.126 e. The van der Waals surface area contributed by atoms with E-state index in [1.807, 2.05) is 84.9 Å².